The fourth-order valence-electron chi connectivity index (χ4n) is 3.54. The Morgan fingerprint density at radius 1 is 1.04 bits per heavy atom. The largest absolute Gasteiger partial charge is 0.378 e. The molecule has 0 aromatic rings. The van der Waals surface area contributed by atoms with Crippen molar-refractivity contribution >= 4 is 24.2 Å². The lowest BCUT2D eigenvalue weighted by atomic mass is 9.95. The maximum atomic E-state index is 12.6. The molecule has 0 bridgehead atoms. The molecule has 2 atom stereocenters. The summed E-state index contributed by atoms with van der Waals surface area (Å²) in [4.78, 5) is 28.9. The van der Waals surface area contributed by atoms with E-state index in [1.54, 1.807) is 0 Å². The van der Waals surface area contributed by atoms with Crippen LogP contribution in [0.4, 0.5) is 0 Å². The predicted octanol–water partition coefficient (Wildman–Crippen LogP) is -0.116. The molecule has 0 saturated carbocycles. The molecule has 3 saturated heterocycles. The number of ether oxygens (including phenoxy) is 2. The summed E-state index contributed by atoms with van der Waals surface area (Å²) in [6, 6.07) is 0.103. The molecule has 2 amide bonds. The molecule has 24 heavy (non-hydrogen) atoms. The first kappa shape index (κ1) is 19.4. The van der Waals surface area contributed by atoms with Crippen molar-refractivity contribution in [2.45, 2.75) is 25.3 Å². The lowest BCUT2D eigenvalue weighted by Gasteiger charge is -2.37. The molecular weight excluding hydrogens is 334 g/mol. The Labute approximate surface area is 149 Å². The summed E-state index contributed by atoms with van der Waals surface area (Å²) in [5.74, 6) is 0.263. The van der Waals surface area contributed by atoms with Gasteiger partial charge in [0, 0.05) is 45.2 Å². The molecule has 0 radical (unpaired) electrons. The molecule has 3 aliphatic rings. The van der Waals surface area contributed by atoms with E-state index < -0.39 is 0 Å². The van der Waals surface area contributed by atoms with Crippen LogP contribution in [0.15, 0.2) is 0 Å². The predicted molar refractivity (Wildman–Crippen MR) is 91.2 cm³/mol. The number of nitrogens with zero attached hydrogens (tertiary/aromatic N) is 2. The number of carbonyl (C=O) groups is 2. The molecule has 2 unspecified atom stereocenters. The van der Waals surface area contributed by atoms with Gasteiger partial charge in [-0.25, -0.2) is 0 Å². The highest BCUT2D eigenvalue weighted by Crippen LogP contribution is 2.20. The summed E-state index contributed by atoms with van der Waals surface area (Å²) >= 11 is 0. The molecule has 3 fully saturated rings. The molecule has 138 valence electrons. The molecular formula is C16H28ClN3O4. The zero-order valence-electron chi connectivity index (χ0n) is 14.1. The number of hydrogen-bond donors (Lipinski definition) is 1. The van der Waals surface area contributed by atoms with E-state index in [9.17, 15) is 9.59 Å². The van der Waals surface area contributed by atoms with Gasteiger partial charge in [-0.1, -0.05) is 0 Å². The highest BCUT2D eigenvalue weighted by molar-refractivity contribution is 5.85. The smallest absolute Gasteiger partial charge is 0.227 e. The van der Waals surface area contributed by atoms with Crippen LogP contribution in [0.5, 0.6) is 0 Å². The van der Waals surface area contributed by atoms with E-state index in [0.29, 0.717) is 52.5 Å². The Kier molecular flexibility index (Phi) is 7.74. The van der Waals surface area contributed by atoms with Gasteiger partial charge >= 0.3 is 0 Å². The molecule has 8 heteroatoms. The van der Waals surface area contributed by atoms with Gasteiger partial charge in [0.2, 0.25) is 11.8 Å². The van der Waals surface area contributed by atoms with Gasteiger partial charge in [-0.3, -0.25) is 9.59 Å². The van der Waals surface area contributed by atoms with Crippen molar-refractivity contribution in [1.29, 1.82) is 0 Å². The van der Waals surface area contributed by atoms with Crippen LogP contribution in [0.2, 0.25) is 0 Å². The maximum absolute atomic E-state index is 12.6. The first-order chi connectivity index (χ1) is 11.2. The van der Waals surface area contributed by atoms with Gasteiger partial charge < -0.3 is 24.6 Å². The Bertz CT molecular complexity index is 426. The van der Waals surface area contributed by atoms with E-state index in [2.05, 4.69) is 5.32 Å². The second kappa shape index (κ2) is 9.56. The van der Waals surface area contributed by atoms with Crippen LogP contribution in [-0.4, -0.2) is 86.8 Å². The highest BCUT2D eigenvalue weighted by atomic mass is 35.5. The number of halogens is 1. The van der Waals surface area contributed by atoms with Crippen LogP contribution >= 0.6 is 12.4 Å². The number of carbonyl (C=O) groups excluding carboxylic acids is 2. The first-order valence-corrected chi connectivity index (χ1v) is 8.69. The Hall–Kier alpha value is -0.890. The third-order valence-electron chi connectivity index (χ3n) is 4.87. The minimum atomic E-state index is -0.0543. The highest BCUT2D eigenvalue weighted by Gasteiger charge is 2.32. The third-order valence-corrected chi connectivity index (χ3v) is 4.87. The second-order valence-electron chi connectivity index (χ2n) is 6.55. The average Bonchev–Trinajstić information content (AvgIpc) is 2.63. The van der Waals surface area contributed by atoms with Crippen molar-refractivity contribution in [3.05, 3.63) is 0 Å². The number of piperidine rings is 1. The maximum Gasteiger partial charge on any atom is 0.227 e. The van der Waals surface area contributed by atoms with Gasteiger partial charge in [-0.15, -0.1) is 12.4 Å². The molecule has 1 N–H and O–H groups in total. The number of rotatable bonds is 3. The molecule has 0 aromatic carbocycles. The van der Waals surface area contributed by atoms with E-state index in [1.165, 1.54) is 0 Å². The number of morpholine rings is 2. The molecule has 3 rings (SSSR count). The Morgan fingerprint density at radius 2 is 1.83 bits per heavy atom. The lowest BCUT2D eigenvalue weighted by Crippen LogP contribution is -2.51. The van der Waals surface area contributed by atoms with E-state index in [0.717, 1.165) is 25.9 Å². The minimum absolute atomic E-state index is 0. The van der Waals surface area contributed by atoms with Crippen LogP contribution in [0.3, 0.4) is 0 Å². The van der Waals surface area contributed by atoms with Crippen LogP contribution in [0, 0.1) is 5.92 Å². The van der Waals surface area contributed by atoms with Gasteiger partial charge in [-0.2, -0.15) is 0 Å². The number of hydrogen-bond acceptors (Lipinski definition) is 5. The topological polar surface area (TPSA) is 71.1 Å². The van der Waals surface area contributed by atoms with Crippen molar-refractivity contribution in [2.24, 2.45) is 5.92 Å². The summed E-state index contributed by atoms with van der Waals surface area (Å²) in [6.45, 7) is 6.01. The van der Waals surface area contributed by atoms with Crippen molar-refractivity contribution < 1.29 is 19.1 Å². The molecule has 7 nitrogen and oxygen atoms in total. The lowest BCUT2D eigenvalue weighted by molar-refractivity contribution is -0.144. The summed E-state index contributed by atoms with van der Waals surface area (Å²) in [5.41, 5.74) is 0. The van der Waals surface area contributed by atoms with Crippen LogP contribution in [0.25, 0.3) is 0 Å². The number of likely N-dealkylation sites (tertiary alicyclic amines) is 1. The normalized spacial score (nSPS) is 28.2. The van der Waals surface area contributed by atoms with Crippen LogP contribution < -0.4 is 5.32 Å². The standard InChI is InChI=1S/C16H27N3O4.ClH/c20-15(10-14-12-23-7-3-17-14)19-4-1-2-13(11-19)16(21)18-5-8-22-9-6-18;/h13-14,17H,1-12H2;1H. The average molecular weight is 362 g/mol. The molecule has 3 heterocycles. The Morgan fingerprint density at radius 3 is 2.54 bits per heavy atom. The van der Waals surface area contributed by atoms with Crippen molar-refractivity contribution in [2.75, 3.05) is 59.2 Å². The fraction of sp³-hybridized carbons (Fsp3) is 0.875. The van der Waals surface area contributed by atoms with E-state index >= 15 is 0 Å². The zero-order chi connectivity index (χ0) is 16.1. The first-order valence-electron chi connectivity index (χ1n) is 8.69. The summed E-state index contributed by atoms with van der Waals surface area (Å²) in [5, 5.41) is 3.31. The van der Waals surface area contributed by atoms with E-state index in [-0.39, 0.29) is 36.2 Å². The van der Waals surface area contributed by atoms with Crippen molar-refractivity contribution in [1.82, 2.24) is 15.1 Å². The Balaban J connectivity index is 0.00000208. The van der Waals surface area contributed by atoms with Gasteiger partial charge in [0.15, 0.2) is 0 Å². The second-order valence-corrected chi connectivity index (χ2v) is 6.55. The monoisotopic (exact) mass is 361 g/mol. The van der Waals surface area contributed by atoms with Gasteiger partial charge in [-0.05, 0) is 12.8 Å². The number of amides is 2. The number of nitrogens with one attached hydrogen (secondary N) is 1. The minimum Gasteiger partial charge on any atom is -0.378 e. The van der Waals surface area contributed by atoms with Crippen LogP contribution in [-0.2, 0) is 19.1 Å². The molecule has 0 spiro atoms. The summed E-state index contributed by atoms with van der Waals surface area (Å²) in [6.07, 6.45) is 2.24. The third kappa shape index (κ3) is 5.05. The molecule has 0 aliphatic carbocycles. The molecule has 0 aromatic heterocycles. The molecule has 3 aliphatic heterocycles. The van der Waals surface area contributed by atoms with Gasteiger partial charge in [0.1, 0.15) is 0 Å². The summed E-state index contributed by atoms with van der Waals surface area (Å²) in [7, 11) is 0. The van der Waals surface area contributed by atoms with Crippen molar-refractivity contribution in [3.8, 4) is 0 Å². The zero-order valence-corrected chi connectivity index (χ0v) is 14.9. The van der Waals surface area contributed by atoms with Crippen molar-refractivity contribution in [3.63, 3.8) is 0 Å². The SMILES string of the molecule is Cl.O=C(CC1COCCN1)N1CCCC(C(=O)N2CCOCC2)C1. The fourth-order valence-corrected chi connectivity index (χ4v) is 3.54. The quantitative estimate of drug-likeness (QED) is 0.759. The van der Waals surface area contributed by atoms with Gasteiger partial charge in [0.25, 0.3) is 0 Å². The van der Waals surface area contributed by atoms with Gasteiger partial charge in [0.05, 0.1) is 32.3 Å². The van der Waals surface area contributed by atoms with E-state index in [1.807, 2.05) is 9.80 Å². The van der Waals surface area contributed by atoms with E-state index in [4.69, 9.17) is 9.47 Å². The summed E-state index contributed by atoms with van der Waals surface area (Å²) < 4.78 is 10.7. The van der Waals surface area contributed by atoms with Crippen LogP contribution in [0.1, 0.15) is 19.3 Å².